The Morgan fingerprint density at radius 3 is 2.54 bits per heavy atom. The molecule has 0 aromatic heterocycles. The lowest BCUT2D eigenvalue weighted by Crippen LogP contribution is -2.53. The summed E-state index contributed by atoms with van der Waals surface area (Å²) in [6.07, 6.45) is 7.21. The van der Waals surface area contributed by atoms with Crippen LogP contribution >= 0.6 is 0 Å². The van der Waals surface area contributed by atoms with Crippen molar-refractivity contribution < 1.29 is 19.1 Å². The Hall–Kier alpha value is -3.02. The fraction of sp³-hybridized carbons (Fsp3) is 0.548. The Morgan fingerprint density at radius 1 is 1.05 bits per heavy atom. The van der Waals surface area contributed by atoms with Crippen LogP contribution in [0.15, 0.2) is 48.5 Å². The topological polar surface area (TPSA) is 67.9 Å². The number of amides is 2. The molecule has 2 aliphatic rings. The molecule has 37 heavy (non-hydrogen) atoms. The molecule has 1 fully saturated rings. The van der Waals surface area contributed by atoms with Gasteiger partial charge in [-0.05, 0) is 68.2 Å². The average molecular weight is 507 g/mol. The van der Waals surface area contributed by atoms with Gasteiger partial charge in [0.1, 0.15) is 18.1 Å². The number of hydrogen-bond donors (Lipinski definition) is 1. The van der Waals surface area contributed by atoms with E-state index in [0.29, 0.717) is 49.8 Å². The first-order valence-corrected chi connectivity index (χ1v) is 13.9. The van der Waals surface area contributed by atoms with E-state index in [2.05, 4.69) is 31.3 Å². The fourth-order valence-corrected chi connectivity index (χ4v) is 5.79. The van der Waals surface area contributed by atoms with Crippen LogP contribution in [0, 0.1) is 11.3 Å². The highest BCUT2D eigenvalue weighted by Gasteiger charge is 2.42. The Bertz CT molecular complexity index is 1060. The Morgan fingerprint density at radius 2 is 1.78 bits per heavy atom. The number of likely N-dealkylation sites (tertiary alicyclic amines) is 1. The number of fused-ring (bicyclic) bond motifs is 1. The quantitative estimate of drug-likeness (QED) is 0.582. The van der Waals surface area contributed by atoms with Crippen molar-refractivity contribution in [1.82, 2.24) is 10.2 Å². The molecule has 6 nitrogen and oxygen atoms in total. The van der Waals surface area contributed by atoms with Gasteiger partial charge in [0, 0.05) is 13.1 Å². The van der Waals surface area contributed by atoms with Gasteiger partial charge in [0.25, 0.3) is 5.91 Å². The van der Waals surface area contributed by atoms with Crippen LogP contribution < -0.4 is 14.8 Å². The van der Waals surface area contributed by atoms with Gasteiger partial charge in [-0.3, -0.25) is 9.59 Å². The third kappa shape index (κ3) is 6.65. The number of methoxy groups -OCH3 is 1. The van der Waals surface area contributed by atoms with E-state index in [4.69, 9.17) is 9.47 Å². The lowest BCUT2D eigenvalue weighted by atomic mass is 9.73. The molecule has 1 N–H and O–H groups in total. The van der Waals surface area contributed by atoms with Crippen LogP contribution in [-0.4, -0.2) is 49.6 Å². The summed E-state index contributed by atoms with van der Waals surface area (Å²) in [4.78, 5) is 29.1. The Kier molecular flexibility index (Phi) is 9.12. The van der Waals surface area contributed by atoms with Crippen LogP contribution in [0.4, 0.5) is 0 Å². The van der Waals surface area contributed by atoms with E-state index in [9.17, 15) is 9.59 Å². The van der Waals surface area contributed by atoms with E-state index in [1.54, 1.807) is 7.11 Å². The van der Waals surface area contributed by atoms with E-state index in [-0.39, 0.29) is 17.9 Å². The van der Waals surface area contributed by atoms with Crippen LogP contribution in [0.1, 0.15) is 74.7 Å². The van der Waals surface area contributed by atoms with Gasteiger partial charge in [0.2, 0.25) is 5.91 Å². The highest BCUT2D eigenvalue weighted by Crippen LogP contribution is 2.39. The maximum Gasteiger partial charge on any atom is 0.257 e. The van der Waals surface area contributed by atoms with E-state index in [1.807, 2.05) is 41.3 Å². The van der Waals surface area contributed by atoms with Crippen LogP contribution in [0.5, 0.6) is 11.5 Å². The molecule has 1 saturated heterocycles. The standard InChI is InChI=1S/C31H42N2O4/c1-23(2)21-25-22-37-27-14-8-6-12-24(27)11-5-4-10-16-31(30(35)32-25)17-19-33(20-18-31)29(34)26-13-7-9-15-28(26)36-3/h6-9,12-15,23,25H,4-5,10-11,16-22H2,1-3H3,(H,32,35)/t25-/m0/s1. The molecule has 6 heteroatoms. The Balaban J connectivity index is 1.50. The van der Waals surface area contributed by atoms with Gasteiger partial charge in [-0.2, -0.15) is 0 Å². The molecule has 1 spiro atoms. The van der Waals surface area contributed by atoms with Gasteiger partial charge in [-0.15, -0.1) is 0 Å². The van der Waals surface area contributed by atoms with Gasteiger partial charge in [-0.1, -0.05) is 57.0 Å². The van der Waals surface area contributed by atoms with Gasteiger partial charge in [0.15, 0.2) is 0 Å². The van der Waals surface area contributed by atoms with Crippen molar-refractivity contribution in [3.8, 4) is 11.5 Å². The first-order chi connectivity index (χ1) is 17.9. The first kappa shape index (κ1) is 27.0. The minimum absolute atomic E-state index is 0.0267. The van der Waals surface area contributed by atoms with Crippen molar-refractivity contribution in [3.63, 3.8) is 0 Å². The number of carbonyl (C=O) groups excluding carboxylic acids is 2. The molecule has 0 radical (unpaired) electrons. The molecular weight excluding hydrogens is 464 g/mol. The summed E-state index contributed by atoms with van der Waals surface area (Å²) < 4.78 is 11.7. The molecule has 200 valence electrons. The number of piperidine rings is 1. The molecule has 0 unspecified atom stereocenters. The van der Waals surface area contributed by atoms with Crippen LogP contribution in [0.25, 0.3) is 0 Å². The number of nitrogens with zero attached hydrogens (tertiary/aromatic N) is 1. The smallest absolute Gasteiger partial charge is 0.257 e. The number of ether oxygens (including phenoxy) is 2. The minimum Gasteiger partial charge on any atom is -0.496 e. The lowest BCUT2D eigenvalue weighted by molar-refractivity contribution is -0.135. The van der Waals surface area contributed by atoms with Crippen LogP contribution in [0.3, 0.4) is 0 Å². The second-order valence-electron chi connectivity index (χ2n) is 11.1. The lowest BCUT2D eigenvalue weighted by Gasteiger charge is -2.41. The van der Waals surface area contributed by atoms with Crippen molar-refractivity contribution in [3.05, 3.63) is 59.7 Å². The van der Waals surface area contributed by atoms with Crippen molar-refractivity contribution >= 4 is 11.8 Å². The number of benzene rings is 2. The van der Waals surface area contributed by atoms with Crippen molar-refractivity contribution in [2.75, 3.05) is 26.8 Å². The van der Waals surface area contributed by atoms with Crippen molar-refractivity contribution in [1.29, 1.82) is 0 Å². The minimum atomic E-state index is -0.451. The van der Waals surface area contributed by atoms with E-state index < -0.39 is 5.41 Å². The predicted molar refractivity (Wildman–Crippen MR) is 146 cm³/mol. The van der Waals surface area contributed by atoms with E-state index >= 15 is 0 Å². The molecule has 2 aliphatic heterocycles. The summed E-state index contributed by atoms with van der Waals surface area (Å²) in [7, 11) is 1.59. The summed E-state index contributed by atoms with van der Waals surface area (Å²) in [6, 6.07) is 15.6. The molecule has 2 amide bonds. The summed E-state index contributed by atoms with van der Waals surface area (Å²) in [5, 5.41) is 3.38. The monoisotopic (exact) mass is 506 g/mol. The number of aryl methyl sites for hydroxylation is 1. The first-order valence-electron chi connectivity index (χ1n) is 13.9. The largest absolute Gasteiger partial charge is 0.496 e. The third-order valence-electron chi connectivity index (χ3n) is 7.93. The van der Waals surface area contributed by atoms with Crippen molar-refractivity contribution in [2.45, 2.75) is 71.3 Å². The number of para-hydroxylation sites is 2. The molecule has 0 bridgehead atoms. The second kappa shape index (κ2) is 12.5. The maximum absolute atomic E-state index is 13.9. The molecule has 2 heterocycles. The van der Waals surface area contributed by atoms with Crippen LogP contribution in [-0.2, 0) is 11.2 Å². The zero-order valence-electron chi connectivity index (χ0n) is 22.6. The normalized spacial score (nSPS) is 20.6. The summed E-state index contributed by atoms with van der Waals surface area (Å²) in [5.41, 5.74) is 1.37. The predicted octanol–water partition coefficient (Wildman–Crippen LogP) is 5.64. The molecule has 4 rings (SSSR count). The van der Waals surface area contributed by atoms with Gasteiger partial charge in [-0.25, -0.2) is 0 Å². The summed E-state index contributed by atoms with van der Waals surface area (Å²) >= 11 is 0. The van der Waals surface area contributed by atoms with E-state index in [0.717, 1.165) is 44.3 Å². The number of rotatable bonds is 4. The third-order valence-corrected chi connectivity index (χ3v) is 7.93. The second-order valence-corrected chi connectivity index (χ2v) is 11.1. The van der Waals surface area contributed by atoms with Gasteiger partial charge in [0.05, 0.1) is 24.1 Å². The highest BCUT2D eigenvalue weighted by atomic mass is 16.5. The molecular formula is C31H42N2O4. The Labute approximate surface area is 221 Å². The zero-order chi connectivity index (χ0) is 26.3. The van der Waals surface area contributed by atoms with Gasteiger partial charge >= 0.3 is 0 Å². The number of hydrogen-bond acceptors (Lipinski definition) is 4. The van der Waals surface area contributed by atoms with E-state index in [1.165, 1.54) is 5.56 Å². The fourth-order valence-electron chi connectivity index (χ4n) is 5.79. The van der Waals surface area contributed by atoms with Crippen molar-refractivity contribution in [2.24, 2.45) is 11.3 Å². The molecule has 2 aromatic carbocycles. The summed E-state index contributed by atoms with van der Waals surface area (Å²) in [5.74, 6) is 2.06. The SMILES string of the molecule is COc1ccccc1C(=O)N1CCC2(CCCCCc3ccccc3OC[C@H](CC(C)C)NC2=O)CC1. The van der Waals surface area contributed by atoms with Crippen LogP contribution in [0.2, 0.25) is 0 Å². The average Bonchev–Trinajstić information content (AvgIpc) is 2.92. The zero-order valence-corrected chi connectivity index (χ0v) is 22.6. The molecule has 0 aliphatic carbocycles. The number of nitrogens with one attached hydrogen (secondary N) is 1. The molecule has 1 atom stereocenters. The summed E-state index contributed by atoms with van der Waals surface area (Å²) in [6.45, 7) is 5.97. The maximum atomic E-state index is 13.9. The number of carbonyl (C=O) groups is 2. The molecule has 2 aromatic rings. The highest BCUT2D eigenvalue weighted by molar-refractivity contribution is 5.97. The molecule has 0 saturated carbocycles. The van der Waals surface area contributed by atoms with Gasteiger partial charge < -0.3 is 19.7 Å².